The highest BCUT2D eigenvalue weighted by molar-refractivity contribution is 9.10. The summed E-state index contributed by atoms with van der Waals surface area (Å²) in [4.78, 5) is 24.5. The first-order chi connectivity index (χ1) is 13.6. The van der Waals surface area contributed by atoms with Gasteiger partial charge in [0.1, 0.15) is 17.8 Å². The Morgan fingerprint density at radius 3 is 2.64 bits per heavy atom. The van der Waals surface area contributed by atoms with Crippen LogP contribution in [0.15, 0.2) is 66.6 Å². The van der Waals surface area contributed by atoms with Gasteiger partial charge in [-0.25, -0.2) is 9.59 Å². The zero-order valence-corrected chi connectivity index (χ0v) is 16.4. The molecular weight excluding hydrogens is 428 g/mol. The topological polar surface area (TPSA) is 78.9 Å². The highest BCUT2D eigenvalue weighted by atomic mass is 79.9. The van der Waals surface area contributed by atoms with Gasteiger partial charge in [0.25, 0.3) is 0 Å². The fraction of sp³-hybridized carbons (Fsp3) is 0.143. The van der Waals surface area contributed by atoms with Crippen LogP contribution in [0.5, 0.6) is 0 Å². The molecule has 2 heterocycles. The number of para-hydroxylation sites is 1. The van der Waals surface area contributed by atoms with Crippen LogP contribution in [0.25, 0.3) is 21.9 Å². The molecule has 28 heavy (non-hydrogen) atoms. The lowest BCUT2D eigenvalue weighted by Crippen LogP contribution is -2.09. The zero-order chi connectivity index (χ0) is 19.7. The molecule has 4 rings (SSSR count). The van der Waals surface area contributed by atoms with E-state index in [1.165, 1.54) is 6.07 Å². The van der Waals surface area contributed by atoms with E-state index in [2.05, 4.69) is 15.9 Å². The lowest BCUT2D eigenvalue weighted by atomic mass is 10.1. The van der Waals surface area contributed by atoms with Crippen LogP contribution in [-0.4, -0.2) is 13.1 Å². The molecule has 2 aromatic heterocycles. The predicted octanol–water partition coefficient (Wildman–Crippen LogP) is 4.81. The Morgan fingerprint density at radius 1 is 1.00 bits per heavy atom. The van der Waals surface area contributed by atoms with E-state index in [4.69, 9.17) is 18.3 Å². The van der Waals surface area contributed by atoms with Crippen molar-refractivity contribution in [1.29, 1.82) is 0 Å². The minimum absolute atomic E-state index is 0.0912. The Kier molecular flexibility index (Phi) is 5.02. The first-order valence-electron chi connectivity index (χ1n) is 8.45. The first-order valence-corrected chi connectivity index (χ1v) is 9.25. The summed E-state index contributed by atoms with van der Waals surface area (Å²) in [6.45, 7) is 0.124. The molecule has 0 saturated heterocycles. The van der Waals surface area contributed by atoms with E-state index in [0.29, 0.717) is 27.7 Å². The van der Waals surface area contributed by atoms with Crippen molar-refractivity contribution >= 4 is 43.8 Å². The van der Waals surface area contributed by atoms with E-state index in [-0.39, 0.29) is 19.0 Å². The van der Waals surface area contributed by atoms with Gasteiger partial charge in [0.2, 0.25) is 5.76 Å². The molecule has 0 N–H and O–H groups in total. The van der Waals surface area contributed by atoms with Crippen LogP contribution in [0.4, 0.5) is 0 Å². The number of hydrogen-bond acceptors (Lipinski definition) is 6. The van der Waals surface area contributed by atoms with Crippen LogP contribution in [0.3, 0.4) is 0 Å². The Balaban J connectivity index is 1.65. The van der Waals surface area contributed by atoms with Crippen molar-refractivity contribution in [2.24, 2.45) is 0 Å². The van der Waals surface area contributed by atoms with Gasteiger partial charge in [0.15, 0.2) is 0 Å². The predicted molar refractivity (Wildman–Crippen MR) is 106 cm³/mol. The number of carbonyl (C=O) groups is 1. The molecule has 7 heteroatoms. The molecule has 0 saturated carbocycles. The van der Waals surface area contributed by atoms with Gasteiger partial charge in [0, 0.05) is 39.5 Å². The molecule has 0 spiro atoms. The van der Waals surface area contributed by atoms with Gasteiger partial charge in [-0.1, -0.05) is 34.1 Å². The molecule has 2 aromatic carbocycles. The maximum absolute atomic E-state index is 12.7. The number of esters is 1. The standard InChI is InChI=1S/C21H15BrO6/c1-25-11-16-15-4-2-3-5-17(15)28-20(16)21(24)26-10-12-8-19(23)27-18-9-13(22)6-7-14(12)18/h2-9H,10-11H2,1H3. The minimum Gasteiger partial charge on any atom is -0.455 e. The number of carbonyl (C=O) groups excluding carboxylic acids is 1. The third-order valence-corrected chi connectivity index (χ3v) is 4.82. The van der Waals surface area contributed by atoms with E-state index in [0.717, 1.165) is 9.86 Å². The average Bonchev–Trinajstić information content (AvgIpc) is 3.04. The molecule has 0 fully saturated rings. The van der Waals surface area contributed by atoms with Gasteiger partial charge < -0.3 is 18.3 Å². The number of hydrogen-bond donors (Lipinski definition) is 0. The van der Waals surface area contributed by atoms with Gasteiger partial charge in [-0.3, -0.25) is 0 Å². The normalized spacial score (nSPS) is 11.2. The van der Waals surface area contributed by atoms with Crippen LogP contribution < -0.4 is 5.63 Å². The summed E-state index contributed by atoms with van der Waals surface area (Å²) in [5.74, 6) is -0.528. The van der Waals surface area contributed by atoms with Crippen LogP contribution in [0.2, 0.25) is 0 Å². The van der Waals surface area contributed by atoms with Crippen molar-refractivity contribution < 1.29 is 23.1 Å². The third kappa shape index (κ3) is 3.46. The van der Waals surface area contributed by atoms with E-state index >= 15 is 0 Å². The first kappa shape index (κ1) is 18.5. The Labute approximate surface area is 167 Å². The number of furan rings is 1. The molecule has 142 valence electrons. The summed E-state index contributed by atoms with van der Waals surface area (Å²) in [5, 5.41) is 1.49. The number of rotatable bonds is 5. The molecule has 4 aromatic rings. The third-order valence-electron chi connectivity index (χ3n) is 4.32. The lowest BCUT2D eigenvalue weighted by molar-refractivity contribution is 0.0433. The van der Waals surface area contributed by atoms with Crippen molar-refractivity contribution in [3.05, 3.63) is 80.3 Å². The highest BCUT2D eigenvalue weighted by Gasteiger charge is 2.22. The van der Waals surface area contributed by atoms with Crippen LogP contribution in [0.1, 0.15) is 21.7 Å². The van der Waals surface area contributed by atoms with Gasteiger partial charge in [-0.2, -0.15) is 0 Å². The maximum Gasteiger partial charge on any atom is 0.374 e. The van der Waals surface area contributed by atoms with Crippen molar-refractivity contribution in [3.8, 4) is 0 Å². The van der Waals surface area contributed by atoms with Crippen LogP contribution in [-0.2, 0) is 22.7 Å². The van der Waals surface area contributed by atoms with Crippen molar-refractivity contribution in [1.82, 2.24) is 0 Å². The van der Waals surface area contributed by atoms with Gasteiger partial charge in [0.05, 0.1) is 6.61 Å². The Morgan fingerprint density at radius 2 is 1.82 bits per heavy atom. The number of halogens is 1. The van der Waals surface area contributed by atoms with E-state index in [9.17, 15) is 9.59 Å². The Bertz CT molecular complexity index is 1240. The molecule has 0 aliphatic rings. The van der Waals surface area contributed by atoms with Crippen molar-refractivity contribution in [3.63, 3.8) is 0 Å². The molecule has 6 nitrogen and oxygen atoms in total. The summed E-state index contributed by atoms with van der Waals surface area (Å²) >= 11 is 3.34. The second kappa shape index (κ2) is 7.61. The number of ether oxygens (including phenoxy) is 2. The molecular formula is C21H15BrO6. The lowest BCUT2D eigenvalue weighted by Gasteiger charge is -2.07. The molecule has 0 aliphatic heterocycles. The minimum atomic E-state index is -0.623. The smallest absolute Gasteiger partial charge is 0.374 e. The van der Waals surface area contributed by atoms with Crippen molar-refractivity contribution in [2.75, 3.05) is 7.11 Å². The largest absolute Gasteiger partial charge is 0.455 e. The maximum atomic E-state index is 12.7. The SMILES string of the molecule is COCc1c(C(=O)OCc2cc(=O)oc3cc(Br)ccc23)oc2ccccc12. The number of benzene rings is 2. The summed E-state index contributed by atoms with van der Waals surface area (Å²) in [6.07, 6.45) is 0. The van der Waals surface area contributed by atoms with Crippen LogP contribution in [0, 0.1) is 0 Å². The van der Waals surface area contributed by atoms with Crippen molar-refractivity contribution in [2.45, 2.75) is 13.2 Å². The fourth-order valence-electron chi connectivity index (χ4n) is 3.08. The second-order valence-corrected chi connectivity index (χ2v) is 7.06. The van der Waals surface area contributed by atoms with Gasteiger partial charge >= 0.3 is 11.6 Å². The zero-order valence-electron chi connectivity index (χ0n) is 14.9. The Hall–Kier alpha value is -2.90. The van der Waals surface area contributed by atoms with E-state index < -0.39 is 11.6 Å². The summed E-state index contributed by atoms with van der Waals surface area (Å²) in [5.41, 5.74) is 1.66. The highest BCUT2D eigenvalue weighted by Crippen LogP contribution is 2.28. The quantitative estimate of drug-likeness (QED) is 0.326. The molecule has 0 amide bonds. The molecule has 0 aliphatic carbocycles. The van der Waals surface area contributed by atoms with Gasteiger partial charge in [-0.15, -0.1) is 0 Å². The number of fused-ring (bicyclic) bond motifs is 2. The molecule has 0 atom stereocenters. The molecule has 0 radical (unpaired) electrons. The summed E-state index contributed by atoms with van der Waals surface area (Å²) in [7, 11) is 1.55. The monoisotopic (exact) mass is 442 g/mol. The molecule has 0 bridgehead atoms. The van der Waals surface area contributed by atoms with Gasteiger partial charge in [-0.05, 0) is 24.3 Å². The average molecular weight is 443 g/mol. The van der Waals surface area contributed by atoms with E-state index in [1.54, 1.807) is 25.3 Å². The summed E-state index contributed by atoms with van der Waals surface area (Å²) in [6, 6.07) is 13.9. The summed E-state index contributed by atoms with van der Waals surface area (Å²) < 4.78 is 22.3. The van der Waals surface area contributed by atoms with Crippen LogP contribution >= 0.6 is 15.9 Å². The molecule has 0 unspecified atom stereocenters. The fourth-order valence-corrected chi connectivity index (χ4v) is 3.42. The van der Waals surface area contributed by atoms with E-state index in [1.807, 2.05) is 24.3 Å². The number of methoxy groups -OCH3 is 1. The second-order valence-electron chi connectivity index (χ2n) is 6.15.